The topological polar surface area (TPSA) is 64.7 Å². The molecule has 1 fully saturated rings. The van der Waals surface area contributed by atoms with Gasteiger partial charge >= 0.3 is 11.8 Å². The molecule has 0 aromatic heterocycles. The molecule has 0 saturated carbocycles. The Hall–Kier alpha value is -2.57. The van der Waals surface area contributed by atoms with Gasteiger partial charge in [0.2, 0.25) is 0 Å². The lowest BCUT2D eigenvalue weighted by atomic mass is 10.0. The maximum Gasteiger partial charge on any atom is 0.313 e. The van der Waals surface area contributed by atoms with Crippen LogP contribution in [0.3, 0.4) is 0 Å². The highest BCUT2D eigenvalue weighted by Gasteiger charge is 2.25. The second-order valence-electron chi connectivity index (χ2n) is 7.82. The van der Waals surface area contributed by atoms with Crippen LogP contribution in [0.25, 0.3) is 0 Å². The molecule has 0 bridgehead atoms. The van der Waals surface area contributed by atoms with Crippen LogP contribution in [0.5, 0.6) is 0 Å². The zero-order valence-corrected chi connectivity index (χ0v) is 18.5. The Balaban J connectivity index is 1.66. The van der Waals surface area contributed by atoms with E-state index in [1.807, 2.05) is 14.1 Å². The van der Waals surface area contributed by atoms with Crippen LogP contribution < -0.4 is 15.5 Å². The first kappa shape index (κ1) is 22.1. The molecular weight excluding hydrogens is 400 g/mol. The molecular formula is C23H29ClN4O2. The first-order valence-corrected chi connectivity index (χ1v) is 10.6. The summed E-state index contributed by atoms with van der Waals surface area (Å²) >= 11 is 6.09. The summed E-state index contributed by atoms with van der Waals surface area (Å²) in [5, 5.41) is 6.01. The molecule has 0 radical (unpaired) electrons. The predicted octanol–water partition coefficient (Wildman–Crippen LogP) is 3.61. The fourth-order valence-corrected chi connectivity index (χ4v) is 3.87. The molecule has 2 amide bonds. The van der Waals surface area contributed by atoms with E-state index in [-0.39, 0.29) is 6.04 Å². The Kier molecular flexibility index (Phi) is 7.34. The summed E-state index contributed by atoms with van der Waals surface area (Å²) in [4.78, 5) is 29.3. The number of amides is 2. The number of likely N-dealkylation sites (tertiary alicyclic amines) is 1. The summed E-state index contributed by atoms with van der Waals surface area (Å²) in [7, 11) is 4.01. The molecule has 1 atom stereocenters. The molecule has 1 heterocycles. The molecule has 7 heteroatoms. The van der Waals surface area contributed by atoms with Crippen LogP contribution in [0.15, 0.2) is 42.5 Å². The number of rotatable bonds is 6. The van der Waals surface area contributed by atoms with Gasteiger partial charge in [0.1, 0.15) is 0 Å². The van der Waals surface area contributed by atoms with E-state index in [0.29, 0.717) is 17.3 Å². The Morgan fingerprint density at radius 2 is 1.73 bits per heavy atom. The highest BCUT2D eigenvalue weighted by Crippen LogP contribution is 2.26. The van der Waals surface area contributed by atoms with Gasteiger partial charge in [-0.25, -0.2) is 0 Å². The molecule has 0 spiro atoms. The van der Waals surface area contributed by atoms with Gasteiger partial charge in [-0.05, 0) is 68.2 Å². The van der Waals surface area contributed by atoms with E-state index in [1.165, 1.54) is 0 Å². The number of nitrogens with one attached hydrogen (secondary N) is 2. The van der Waals surface area contributed by atoms with Gasteiger partial charge in [0.05, 0.1) is 6.04 Å². The van der Waals surface area contributed by atoms with Gasteiger partial charge in [0.25, 0.3) is 0 Å². The zero-order chi connectivity index (χ0) is 21.7. The number of nitrogens with zero attached hydrogens (tertiary/aromatic N) is 2. The zero-order valence-electron chi connectivity index (χ0n) is 17.7. The molecule has 2 N–H and O–H groups in total. The van der Waals surface area contributed by atoms with Crippen LogP contribution in [-0.4, -0.2) is 50.4 Å². The summed E-state index contributed by atoms with van der Waals surface area (Å²) in [6.45, 7) is 4.16. The molecule has 2 aromatic carbocycles. The van der Waals surface area contributed by atoms with Crippen molar-refractivity contribution < 1.29 is 9.59 Å². The third kappa shape index (κ3) is 5.32. The minimum absolute atomic E-state index is 0.0355. The van der Waals surface area contributed by atoms with Crippen LogP contribution in [0.4, 0.5) is 11.4 Å². The number of halogens is 1. The standard InChI is InChI=1S/C23H29ClN4O2/c1-16-19(24)7-6-8-20(16)26-23(30)22(29)25-15-21(28-13-4-5-14-28)17-9-11-18(12-10-17)27(2)3/h6-12,21H,4-5,13-15H2,1-3H3,(H,25,29)(H,26,30)/t21-/m1/s1. The van der Waals surface area contributed by atoms with E-state index in [0.717, 1.165) is 42.7 Å². The van der Waals surface area contributed by atoms with Crippen molar-refractivity contribution in [1.82, 2.24) is 10.2 Å². The van der Waals surface area contributed by atoms with Gasteiger partial charge in [-0.1, -0.05) is 29.8 Å². The van der Waals surface area contributed by atoms with Crippen molar-refractivity contribution in [1.29, 1.82) is 0 Å². The second kappa shape index (κ2) is 9.96. The third-order valence-corrected chi connectivity index (χ3v) is 5.96. The van der Waals surface area contributed by atoms with Crippen molar-refractivity contribution >= 4 is 34.8 Å². The van der Waals surface area contributed by atoms with Gasteiger partial charge < -0.3 is 15.5 Å². The van der Waals surface area contributed by atoms with Gasteiger partial charge in [0.15, 0.2) is 0 Å². The van der Waals surface area contributed by atoms with E-state index in [4.69, 9.17) is 11.6 Å². The highest BCUT2D eigenvalue weighted by molar-refractivity contribution is 6.40. The van der Waals surface area contributed by atoms with Crippen molar-refractivity contribution in [2.75, 3.05) is 43.9 Å². The van der Waals surface area contributed by atoms with Crippen molar-refractivity contribution in [3.8, 4) is 0 Å². The maximum absolute atomic E-state index is 12.5. The normalized spacial score (nSPS) is 14.9. The molecule has 6 nitrogen and oxygen atoms in total. The van der Waals surface area contributed by atoms with Crippen molar-refractivity contribution in [3.05, 3.63) is 58.6 Å². The summed E-state index contributed by atoms with van der Waals surface area (Å²) in [5.74, 6) is -1.34. The maximum atomic E-state index is 12.5. The van der Waals surface area contributed by atoms with Crippen molar-refractivity contribution in [2.45, 2.75) is 25.8 Å². The Morgan fingerprint density at radius 3 is 2.37 bits per heavy atom. The van der Waals surface area contributed by atoms with Crippen molar-refractivity contribution in [3.63, 3.8) is 0 Å². The summed E-state index contributed by atoms with van der Waals surface area (Å²) < 4.78 is 0. The Bertz CT molecular complexity index is 893. The molecule has 1 aliphatic rings. The van der Waals surface area contributed by atoms with Crippen molar-refractivity contribution in [2.24, 2.45) is 0 Å². The molecule has 3 rings (SSSR count). The number of carbonyl (C=O) groups excluding carboxylic acids is 2. The summed E-state index contributed by atoms with van der Waals surface area (Å²) in [5.41, 5.74) is 3.53. The Labute approximate surface area is 183 Å². The molecule has 1 aliphatic heterocycles. The quantitative estimate of drug-likeness (QED) is 0.690. The highest BCUT2D eigenvalue weighted by atomic mass is 35.5. The van der Waals surface area contributed by atoms with Gasteiger partial charge in [-0.2, -0.15) is 0 Å². The first-order chi connectivity index (χ1) is 14.4. The lowest BCUT2D eigenvalue weighted by Crippen LogP contribution is -2.41. The molecule has 0 aliphatic carbocycles. The van der Waals surface area contributed by atoms with E-state index < -0.39 is 11.8 Å². The Morgan fingerprint density at radius 1 is 1.07 bits per heavy atom. The fraction of sp³-hybridized carbons (Fsp3) is 0.391. The minimum atomic E-state index is -0.691. The monoisotopic (exact) mass is 428 g/mol. The van der Waals surface area contributed by atoms with Crippen LogP contribution in [0, 0.1) is 6.92 Å². The van der Waals surface area contributed by atoms with Gasteiger partial charge in [-0.15, -0.1) is 0 Å². The molecule has 2 aromatic rings. The third-order valence-electron chi connectivity index (χ3n) is 5.55. The minimum Gasteiger partial charge on any atom is -0.378 e. The van der Waals surface area contributed by atoms with Gasteiger partial charge in [-0.3, -0.25) is 14.5 Å². The number of anilines is 2. The molecule has 0 unspecified atom stereocenters. The summed E-state index contributed by atoms with van der Waals surface area (Å²) in [6, 6.07) is 13.6. The predicted molar refractivity (Wildman–Crippen MR) is 122 cm³/mol. The average molecular weight is 429 g/mol. The lowest BCUT2D eigenvalue weighted by Gasteiger charge is -2.28. The largest absolute Gasteiger partial charge is 0.378 e. The number of hydrogen-bond acceptors (Lipinski definition) is 4. The van der Waals surface area contributed by atoms with Crippen LogP contribution in [0.1, 0.15) is 30.0 Å². The smallest absolute Gasteiger partial charge is 0.313 e. The average Bonchev–Trinajstić information content (AvgIpc) is 3.26. The van der Waals surface area contributed by atoms with Crippen LogP contribution in [-0.2, 0) is 9.59 Å². The van der Waals surface area contributed by atoms with Crippen LogP contribution in [0.2, 0.25) is 5.02 Å². The molecule has 160 valence electrons. The SMILES string of the molecule is Cc1c(Cl)cccc1NC(=O)C(=O)NC[C@H](c1ccc(N(C)C)cc1)N1CCCC1. The number of carbonyl (C=O) groups is 2. The number of hydrogen-bond donors (Lipinski definition) is 2. The summed E-state index contributed by atoms with van der Waals surface area (Å²) in [6.07, 6.45) is 2.30. The lowest BCUT2D eigenvalue weighted by molar-refractivity contribution is -0.136. The first-order valence-electron chi connectivity index (χ1n) is 10.2. The molecule has 1 saturated heterocycles. The van der Waals surface area contributed by atoms with Gasteiger partial charge in [0, 0.05) is 37.0 Å². The van der Waals surface area contributed by atoms with E-state index in [1.54, 1.807) is 25.1 Å². The van der Waals surface area contributed by atoms with E-state index in [2.05, 4.69) is 44.7 Å². The number of benzene rings is 2. The van der Waals surface area contributed by atoms with Crippen LogP contribution >= 0.6 is 11.6 Å². The fourth-order valence-electron chi connectivity index (χ4n) is 3.70. The van der Waals surface area contributed by atoms with E-state index in [9.17, 15) is 9.59 Å². The molecule has 30 heavy (non-hydrogen) atoms. The second-order valence-corrected chi connectivity index (χ2v) is 8.23. The van der Waals surface area contributed by atoms with E-state index >= 15 is 0 Å².